The predicted molar refractivity (Wildman–Crippen MR) is 527 cm³/mol. The van der Waals surface area contributed by atoms with Crippen LogP contribution in [0, 0.1) is 5.92 Å². The quantitative estimate of drug-likeness (QED) is 0.0509. The molecule has 13 heterocycles. The Morgan fingerprint density at radius 1 is 0.317 bits per heavy atom. The Labute approximate surface area is 749 Å². The van der Waals surface area contributed by atoms with E-state index in [4.69, 9.17) is 0 Å². The second-order valence-corrected chi connectivity index (χ2v) is 39.6. The highest BCUT2D eigenvalue weighted by Gasteiger charge is 2.30. The van der Waals surface area contributed by atoms with E-state index < -0.39 is 0 Å². The predicted octanol–water partition coefficient (Wildman–Crippen LogP) is 18.7. The van der Waals surface area contributed by atoms with E-state index in [1.54, 1.807) is 0 Å². The first-order valence-corrected chi connectivity index (χ1v) is 47.7. The molecule has 123 heavy (non-hydrogen) atoms. The van der Waals surface area contributed by atoms with Crippen molar-refractivity contribution in [3.8, 4) is 0 Å². The van der Waals surface area contributed by atoms with E-state index >= 15 is 0 Å². The number of piperazine rings is 2. The Bertz CT molecular complexity index is 3970. The summed E-state index contributed by atoms with van der Waals surface area (Å²) in [6.45, 7) is 59.0. The Hall–Kier alpha value is -7.43. The zero-order chi connectivity index (χ0) is 89.2. The normalized spacial score (nSPS) is 18.1. The number of likely N-dealkylation sites (N-methyl/N-ethyl adjacent to an activating group) is 4. The summed E-state index contributed by atoms with van der Waals surface area (Å²) in [4.78, 5) is 62.1. The number of likely N-dealkylation sites (tertiary alicyclic amines) is 1. The van der Waals surface area contributed by atoms with Crippen molar-refractivity contribution >= 4 is 34.1 Å². The second kappa shape index (κ2) is 52.0. The molecule has 682 valence electrons. The van der Waals surface area contributed by atoms with Gasteiger partial charge in [0, 0.05) is 192 Å². The maximum Gasteiger partial charge on any atom is 0.0556 e. The maximum absolute atomic E-state index is 4.44. The van der Waals surface area contributed by atoms with Crippen molar-refractivity contribution in [3.63, 3.8) is 0 Å². The molecule has 7 fully saturated rings. The standard InChI is InChI=1S/C18H29N3.C16H25N3.C15H25N3.2C14H23N3.C13H23N3.C13H22N2/c1-15(2)16-12-18(14-19-13-16)21-10-6-17(7-11-21)20-8-4-3-5-9-20;1-13(2)15-9-16(11-17-10-15)19-7-5-18(6-8-19)12-14-3-4-14;1-12(2)14-9-15(11-16-10-14)18-7-5-17(6-8-18)13(3)4;2*1-11(2)12-7-14(9-15-8-12)17-6-5-13(10-17)16(3)4;1-11(2)12-8-13(10-14-9-12)16(5)7-6-15(3)4;1-11(2)13-8-12(9-14-10-13)6-5-7-15(3)4/h12-15,17H,3-11H2,1-2H3;9-11,13-14H,3-8,12H2,1-2H3;9-13H,5-8H2,1-4H3;2*7-9,11,13H,5-6,10H2,1-4H3;8-11H,6-7H2,1-5H3;8-11H,5-7H2,1-4H3/t;;;2*13-;;/m...10../s1. The van der Waals surface area contributed by atoms with E-state index in [0.717, 1.165) is 103 Å². The van der Waals surface area contributed by atoms with Gasteiger partial charge in [-0.2, -0.15) is 0 Å². The smallest absolute Gasteiger partial charge is 0.0556 e. The second-order valence-electron chi connectivity index (χ2n) is 39.6. The van der Waals surface area contributed by atoms with Crippen LogP contribution in [0.4, 0.5) is 34.1 Å². The van der Waals surface area contributed by atoms with Crippen molar-refractivity contribution < 1.29 is 0 Å². The van der Waals surface area contributed by atoms with E-state index in [2.05, 4.69) is 315 Å². The zero-order valence-electron chi connectivity index (χ0n) is 81.9. The summed E-state index contributed by atoms with van der Waals surface area (Å²) in [5.41, 5.74) is 18.4. The van der Waals surface area contributed by atoms with Crippen LogP contribution in [0.25, 0.3) is 0 Å². The van der Waals surface area contributed by atoms with Gasteiger partial charge in [-0.1, -0.05) is 109 Å². The van der Waals surface area contributed by atoms with Crippen LogP contribution in [-0.2, 0) is 6.42 Å². The summed E-state index contributed by atoms with van der Waals surface area (Å²) >= 11 is 0. The minimum Gasteiger partial charge on any atom is -0.372 e. The summed E-state index contributed by atoms with van der Waals surface area (Å²) in [7, 11) is 19.2. The van der Waals surface area contributed by atoms with Gasteiger partial charge in [-0.15, -0.1) is 0 Å². The molecule has 20 heteroatoms. The lowest BCUT2D eigenvalue weighted by atomic mass is 9.99. The molecule has 7 aliphatic rings. The van der Waals surface area contributed by atoms with E-state index in [-0.39, 0.29) is 0 Å². The molecule has 1 aliphatic carbocycles. The Morgan fingerprint density at radius 2 is 0.659 bits per heavy atom. The molecule has 0 unspecified atom stereocenters. The van der Waals surface area contributed by atoms with Crippen LogP contribution < -0.4 is 29.4 Å². The van der Waals surface area contributed by atoms with Gasteiger partial charge in [-0.25, -0.2) is 0 Å². The first-order chi connectivity index (χ1) is 58.8. The van der Waals surface area contributed by atoms with Crippen LogP contribution in [0.5, 0.6) is 0 Å². The van der Waals surface area contributed by atoms with Crippen molar-refractivity contribution in [2.45, 2.75) is 247 Å². The van der Waals surface area contributed by atoms with Crippen LogP contribution in [0.15, 0.2) is 129 Å². The highest BCUT2D eigenvalue weighted by atomic mass is 15.3. The first-order valence-electron chi connectivity index (χ1n) is 47.7. The third-order valence-electron chi connectivity index (χ3n) is 26.0. The summed E-state index contributed by atoms with van der Waals surface area (Å²) in [6, 6.07) is 18.9. The minimum atomic E-state index is 0.537. The molecule has 1 saturated carbocycles. The molecular weight excluding hydrogens is 1520 g/mol. The summed E-state index contributed by atoms with van der Waals surface area (Å²) < 4.78 is 0. The fourth-order valence-electron chi connectivity index (χ4n) is 16.6. The van der Waals surface area contributed by atoms with Crippen LogP contribution in [0.3, 0.4) is 0 Å². The summed E-state index contributed by atoms with van der Waals surface area (Å²) in [5, 5.41) is 0. The largest absolute Gasteiger partial charge is 0.372 e. The Morgan fingerprint density at radius 3 is 1.02 bits per heavy atom. The number of aryl methyl sites for hydroxylation is 1. The Balaban J connectivity index is 0.000000179. The molecular formula is C103H170N20. The minimum absolute atomic E-state index is 0.537. The fourth-order valence-corrected chi connectivity index (χ4v) is 16.6. The molecule has 0 spiro atoms. The van der Waals surface area contributed by atoms with Crippen molar-refractivity contribution in [3.05, 3.63) is 174 Å². The van der Waals surface area contributed by atoms with Gasteiger partial charge in [0.1, 0.15) is 0 Å². The maximum atomic E-state index is 4.44. The lowest BCUT2D eigenvalue weighted by Crippen LogP contribution is -2.48. The number of hydrogen-bond donors (Lipinski definition) is 0. The summed E-state index contributed by atoms with van der Waals surface area (Å²) in [5.74, 6) is 4.89. The first kappa shape index (κ1) is 101. The molecule has 0 bridgehead atoms. The lowest BCUT2D eigenvalue weighted by Gasteiger charge is -2.41. The zero-order valence-corrected chi connectivity index (χ0v) is 81.9. The molecule has 7 aromatic heterocycles. The monoisotopic (exact) mass is 1690 g/mol. The number of anilines is 6. The molecule has 7 aromatic rings. The average Bonchev–Trinajstić information content (AvgIpc) is 1.75. The number of rotatable bonds is 26. The summed E-state index contributed by atoms with van der Waals surface area (Å²) in [6.07, 6.45) is 42.4. The van der Waals surface area contributed by atoms with E-state index in [9.17, 15) is 0 Å². The van der Waals surface area contributed by atoms with Crippen LogP contribution in [-0.4, -0.2) is 288 Å². The number of nitrogens with zero attached hydrogens (tertiary/aromatic N) is 20. The molecule has 14 rings (SSSR count). The van der Waals surface area contributed by atoms with Crippen molar-refractivity contribution in [1.82, 2.24) is 69.2 Å². The van der Waals surface area contributed by atoms with Gasteiger partial charge < -0.3 is 53.9 Å². The van der Waals surface area contributed by atoms with Crippen molar-refractivity contribution in [2.24, 2.45) is 5.92 Å². The van der Waals surface area contributed by atoms with Gasteiger partial charge in [-0.3, -0.25) is 44.7 Å². The molecule has 20 nitrogen and oxygen atoms in total. The van der Waals surface area contributed by atoms with E-state index in [1.807, 2.05) is 86.8 Å². The van der Waals surface area contributed by atoms with E-state index in [0.29, 0.717) is 59.6 Å². The van der Waals surface area contributed by atoms with Crippen molar-refractivity contribution in [2.75, 3.05) is 224 Å². The molecule has 6 aliphatic heterocycles. The third-order valence-corrected chi connectivity index (χ3v) is 26.0. The number of hydrogen-bond acceptors (Lipinski definition) is 20. The van der Waals surface area contributed by atoms with Gasteiger partial charge in [0.15, 0.2) is 0 Å². The van der Waals surface area contributed by atoms with Crippen molar-refractivity contribution in [1.29, 1.82) is 0 Å². The third kappa shape index (κ3) is 34.7. The van der Waals surface area contributed by atoms with Gasteiger partial charge in [0.25, 0.3) is 0 Å². The van der Waals surface area contributed by atoms with Crippen LogP contribution in [0.2, 0.25) is 0 Å². The molecule has 6 saturated heterocycles. The van der Waals surface area contributed by atoms with Gasteiger partial charge in [-0.05, 0) is 282 Å². The molecule has 0 radical (unpaired) electrons. The molecule has 0 aromatic carbocycles. The highest BCUT2D eigenvalue weighted by molar-refractivity contribution is 5.52. The average molecular weight is 1690 g/mol. The number of pyridine rings is 7. The number of piperidine rings is 2. The highest BCUT2D eigenvalue weighted by Crippen LogP contribution is 2.33. The van der Waals surface area contributed by atoms with E-state index in [1.165, 1.54) is 189 Å². The number of aromatic nitrogens is 7. The molecule has 0 amide bonds. The lowest BCUT2D eigenvalue weighted by molar-refractivity contribution is 0.141. The Kier molecular flexibility index (Phi) is 42.7. The van der Waals surface area contributed by atoms with Gasteiger partial charge in [0.2, 0.25) is 0 Å². The SMILES string of the molecule is CC(C)c1cncc(CCCN(C)C)c1.CC(C)c1cncc(N(C)CCN(C)C)c1.CC(C)c1cncc(N2CCC(N3CCCCC3)CC2)c1.CC(C)c1cncc(N2CCN(C(C)C)CC2)c1.CC(C)c1cncc(N2CCN(CC3CC3)CC2)c1.CC(C)c1cncc(N2CC[C@@H](N(C)C)C2)c1.CC(C)c1cncc(N2CC[C@H](N(C)C)C2)c1. The van der Waals surface area contributed by atoms with Gasteiger partial charge in [0.05, 0.1) is 71.3 Å². The topological polar surface area (TPSA) is 132 Å². The fraction of sp³-hybridized carbons (Fsp3) is 0.660. The molecule has 2 atom stereocenters. The van der Waals surface area contributed by atoms with Gasteiger partial charge >= 0.3 is 0 Å². The van der Waals surface area contributed by atoms with Crippen LogP contribution in [0.1, 0.15) is 261 Å². The molecule has 0 N–H and O–H groups in total. The van der Waals surface area contributed by atoms with Crippen LogP contribution >= 0.6 is 0 Å².